The smallest absolute Gasteiger partial charge is 0.0547 e. The van der Waals surface area contributed by atoms with Gasteiger partial charge in [-0.25, -0.2) is 0 Å². The van der Waals surface area contributed by atoms with Gasteiger partial charge in [0.2, 0.25) is 0 Å². The van der Waals surface area contributed by atoms with Gasteiger partial charge in [-0.1, -0.05) is 146 Å². The lowest BCUT2D eigenvalue weighted by Crippen LogP contribution is -2.10. The third kappa shape index (κ3) is 5.43. The van der Waals surface area contributed by atoms with Crippen LogP contribution in [0.5, 0.6) is 0 Å². The third-order valence-electron chi connectivity index (χ3n) is 9.59. The van der Waals surface area contributed by atoms with Crippen LogP contribution in [0.25, 0.3) is 60.9 Å². The van der Waals surface area contributed by atoms with E-state index in [2.05, 4.69) is 216 Å². The molecule has 1 aromatic heterocycles. The fourth-order valence-electron chi connectivity index (χ4n) is 7.14. The molecule has 8 aromatic carbocycles. The maximum absolute atomic E-state index is 2.38. The molecule has 0 atom stereocenters. The van der Waals surface area contributed by atoms with Crippen LogP contribution in [0.2, 0.25) is 0 Å². The zero-order valence-electron chi connectivity index (χ0n) is 27.5. The lowest BCUT2D eigenvalue weighted by Gasteiger charge is -2.26. The Hall–Kier alpha value is -6.64. The molecule has 50 heavy (non-hydrogen) atoms. The van der Waals surface area contributed by atoms with Crippen LogP contribution >= 0.6 is 0 Å². The Morgan fingerprint density at radius 1 is 0.280 bits per heavy atom. The minimum atomic E-state index is 1.10. The average molecular weight is 639 g/mol. The van der Waals surface area contributed by atoms with Gasteiger partial charge in [0.15, 0.2) is 0 Å². The summed E-state index contributed by atoms with van der Waals surface area (Å²) in [4.78, 5) is 2.35. The van der Waals surface area contributed by atoms with Crippen molar-refractivity contribution in [3.05, 3.63) is 206 Å². The first-order valence-corrected chi connectivity index (χ1v) is 17.1. The van der Waals surface area contributed by atoms with Crippen molar-refractivity contribution in [3.63, 3.8) is 0 Å². The molecule has 0 spiro atoms. The number of benzene rings is 8. The number of hydrogen-bond acceptors (Lipinski definition) is 1. The average Bonchev–Trinajstić information content (AvgIpc) is 3.53. The Bertz CT molecular complexity index is 2470. The number of para-hydroxylation sites is 2. The van der Waals surface area contributed by atoms with E-state index in [4.69, 9.17) is 0 Å². The van der Waals surface area contributed by atoms with E-state index in [1.54, 1.807) is 0 Å². The molecule has 2 nitrogen and oxygen atoms in total. The molecule has 0 radical (unpaired) electrons. The fourth-order valence-corrected chi connectivity index (χ4v) is 7.14. The summed E-state index contributed by atoms with van der Waals surface area (Å²) >= 11 is 0. The SMILES string of the molecule is c1ccc(-c2ccc(N(c3ccc(-c4ccccc4)cc3)c3cccc(-c4ccc5c6ccccc6n(-c6ccccc6)c5c4)c3)cc2)cc1. The van der Waals surface area contributed by atoms with Crippen LogP contribution in [-0.2, 0) is 0 Å². The first kappa shape index (κ1) is 29.5. The molecule has 0 bridgehead atoms. The second-order valence-electron chi connectivity index (χ2n) is 12.6. The fraction of sp³-hybridized carbons (Fsp3) is 0. The van der Waals surface area contributed by atoms with E-state index in [9.17, 15) is 0 Å². The number of nitrogens with zero attached hydrogens (tertiary/aromatic N) is 2. The number of anilines is 3. The summed E-state index contributed by atoms with van der Waals surface area (Å²) in [6.45, 7) is 0. The van der Waals surface area contributed by atoms with Crippen LogP contribution in [0.3, 0.4) is 0 Å². The normalized spacial score (nSPS) is 11.2. The highest BCUT2D eigenvalue weighted by Gasteiger charge is 2.16. The standard InChI is InChI=1S/C48H34N2/c1-4-13-35(14-5-1)37-23-28-42(29-24-37)49(43-30-25-38(26-31-43)36-15-6-2-7-16-36)44-20-12-17-39(33-44)40-27-32-46-45-21-10-11-22-47(45)50(48(46)34-40)41-18-8-3-9-19-41/h1-34H. The van der Waals surface area contributed by atoms with Crippen LogP contribution in [-0.4, -0.2) is 4.57 Å². The summed E-state index contributed by atoms with van der Waals surface area (Å²) < 4.78 is 2.38. The maximum atomic E-state index is 2.38. The van der Waals surface area contributed by atoms with Crippen LogP contribution < -0.4 is 4.90 Å². The largest absolute Gasteiger partial charge is 0.310 e. The Balaban J connectivity index is 1.16. The van der Waals surface area contributed by atoms with E-state index in [1.165, 1.54) is 55.2 Å². The first-order chi connectivity index (χ1) is 24.8. The van der Waals surface area contributed by atoms with Gasteiger partial charge in [0.1, 0.15) is 0 Å². The van der Waals surface area contributed by atoms with Gasteiger partial charge < -0.3 is 9.47 Å². The highest BCUT2D eigenvalue weighted by atomic mass is 15.1. The van der Waals surface area contributed by atoms with Crippen molar-refractivity contribution in [2.75, 3.05) is 4.90 Å². The molecule has 0 amide bonds. The van der Waals surface area contributed by atoms with Crippen LogP contribution in [0.1, 0.15) is 0 Å². The molecule has 2 heteroatoms. The first-order valence-electron chi connectivity index (χ1n) is 17.1. The molecule has 0 N–H and O–H groups in total. The topological polar surface area (TPSA) is 8.17 Å². The lowest BCUT2D eigenvalue weighted by molar-refractivity contribution is 1.18. The molecule has 0 aliphatic carbocycles. The van der Waals surface area contributed by atoms with Gasteiger partial charge >= 0.3 is 0 Å². The molecule has 0 fully saturated rings. The number of rotatable bonds is 7. The molecule has 0 aliphatic rings. The minimum absolute atomic E-state index is 1.10. The van der Waals surface area contributed by atoms with E-state index in [0.717, 1.165) is 22.7 Å². The Morgan fingerprint density at radius 3 is 1.36 bits per heavy atom. The predicted molar refractivity (Wildman–Crippen MR) is 212 cm³/mol. The second kappa shape index (κ2) is 12.8. The third-order valence-corrected chi connectivity index (χ3v) is 9.59. The quantitative estimate of drug-likeness (QED) is 0.169. The van der Waals surface area contributed by atoms with Crippen LogP contribution in [0.4, 0.5) is 17.1 Å². The monoisotopic (exact) mass is 638 g/mol. The van der Waals surface area contributed by atoms with Crippen molar-refractivity contribution in [3.8, 4) is 39.1 Å². The Morgan fingerprint density at radius 2 is 0.740 bits per heavy atom. The van der Waals surface area contributed by atoms with Crippen LogP contribution in [0.15, 0.2) is 206 Å². The molecule has 236 valence electrons. The zero-order chi connectivity index (χ0) is 33.3. The second-order valence-corrected chi connectivity index (χ2v) is 12.6. The van der Waals surface area contributed by atoms with Gasteiger partial charge in [-0.2, -0.15) is 0 Å². The molecule has 1 heterocycles. The minimum Gasteiger partial charge on any atom is -0.310 e. The van der Waals surface area contributed by atoms with Gasteiger partial charge in [0, 0.05) is 33.5 Å². The molecule has 0 saturated heterocycles. The van der Waals surface area contributed by atoms with E-state index in [1.807, 2.05) is 0 Å². The van der Waals surface area contributed by atoms with Gasteiger partial charge in [0.05, 0.1) is 11.0 Å². The van der Waals surface area contributed by atoms with Crippen molar-refractivity contribution >= 4 is 38.9 Å². The summed E-state index contributed by atoms with van der Waals surface area (Å²) in [6, 6.07) is 74.0. The Kier molecular flexibility index (Phi) is 7.53. The summed E-state index contributed by atoms with van der Waals surface area (Å²) in [5.41, 5.74) is 14.1. The highest BCUT2D eigenvalue weighted by Crippen LogP contribution is 2.40. The van der Waals surface area contributed by atoms with Crippen LogP contribution in [0, 0.1) is 0 Å². The van der Waals surface area contributed by atoms with Gasteiger partial charge in [-0.15, -0.1) is 0 Å². The molecule has 0 unspecified atom stereocenters. The van der Waals surface area contributed by atoms with E-state index >= 15 is 0 Å². The Labute approximate surface area is 292 Å². The van der Waals surface area contributed by atoms with Crippen molar-refractivity contribution in [2.24, 2.45) is 0 Å². The van der Waals surface area contributed by atoms with Gasteiger partial charge in [-0.3, -0.25) is 0 Å². The molecule has 0 saturated carbocycles. The number of hydrogen-bond donors (Lipinski definition) is 0. The van der Waals surface area contributed by atoms with E-state index in [-0.39, 0.29) is 0 Å². The maximum Gasteiger partial charge on any atom is 0.0547 e. The summed E-state index contributed by atoms with van der Waals surface area (Å²) in [7, 11) is 0. The van der Waals surface area contributed by atoms with Crippen molar-refractivity contribution in [2.45, 2.75) is 0 Å². The van der Waals surface area contributed by atoms with Crippen molar-refractivity contribution in [1.82, 2.24) is 4.57 Å². The van der Waals surface area contributed by atoms with Crippen molar-refractivity contribution < 1.29 is 0 Å². The van der Waals surface area contributed by atoms with Crippen molar-refractivity contribution in [1.29, 1.82) is 0 Å². The van der Waals surface area contributed by atoms with Gasteiger partial charge in [0.25, 0.3) is 0 Å². The zero-order valence-corrected chi connectivity index (χ0v) is 27.5. The van der Waals surface area contributed by atoms with E-state index < -0.39 is 0 Å². The number of aromatic nitrogens is 1. The van der Waals surface area contributed by atoms with E-state index in [0.29, 0.717) is 0 Å². The highest BCUT2D eigenvalue weighted by molar-refractivity contribution is 6.10. The van der Waals surface area contributed by atoms with Gasteiger partial charge in [-0.05, 0) is 94.0 Å². The molecule has 0 aliphatic heterocycles. The summed E-state index contributed by atoms with van der Waals surface area (Å²) in [5, 5.41) is 2.51. The lowest BCUT2D eigenvalue weighted by atomic mass is 10.0. The molecule has 9 rings (SSSR count). The number of fused-ring (bicyclic) bond motifs is 3. The predicted octanol–water partition coefficient (Wildman–Crippen LogP) is 13.3. The molecule has 9 aromatic rings. The molecular formula is C48H34N2. The summed E-state index contributed by atoms with van der Waals surface area (Å²) in [6.07, 6.45) is 0. The summed E-state index contributed by atoms with van der Waals surface area (Å²) in [5.74, 6) is 0. The molecular weight excluding hydrogens is 605 g/mol.